The molecule has 6 nitrogen and oxygen atoms in total. The molecule has 7 heteroatoms. The van der Waals surface area contributed by atoms with E-state index in [4.69, 9.17) is 13.9 Å². The molecule has 1 amide bonds. The minimum absolute atomic E-state index is 0.0332. The molecule has 158 valence electrons. The van der Waals surface area contributed by atoms with Crippen molar-refractivity contribution in [1.82, 2.24) is 5.32 Å². The molecule has 0 saturated carbocycles. The monoisotopic (exact) mass is 409 g/mol. The van der Waals surface area contributed by atoms with Crippen LogP contribution in [0.1, 0.15) is 40.2 Å². The van der Waals surface area contributed by atoms with Crippen LogP contribution in [0.5, 0.6) is 0 Å². The van der Waals surface area contributed by atoms with Gasteiger partial charge >= 0.3 is 0 Å². The zero-order valence-corrected chi connectivity index (χ0v) is 19.1. The number of carbonyl (C=O) groups excluding carboxylic acids is 1. The van der Waals surface area contributed by atoms with Crippen LogP contribution in [0.2, 0.25) is 18.1 Å². The molecule has 1 heterocycles. The zero-order valence-electron chi connectivity index (χ0n) is 18.1. The molecule has 0 aromatic heterocycles. The summed E-state index contributed by atoms with van der Waals surface area (Å²) < 4.78 is 17.8. The molecule has 1 aliphatic rings. The smallest absolute Gasteiger partial charge is 0.252 e. The summed E-state index contributed by atoms with van der Waals surface area (Å²) in [6.45, 7) is 14.7. The van der Waals surface area contributed by atoms with Crippen molar-refractivity contribution in [2.45, 2.75) is 83.4 Å². The van der Waals surface area contributed by atoms with Gasteiger partial charge in [0.1, 0.15) is 12.2 Å². The molecule has 1 saturated heterocycles. The van der Waals surface area contributed by atoms with Gasteiger partial charge in [0.15, 0.2) is 20.2 Å². The number of hydrogen-bond acceptors (Lipinski definition) is 5. The van der Waals surface area contributed by atoms with E-state index in [-0.39, 0.29) is 17.6 Å². The van der Waals surface area contributed by atoms with Crippen molar-refractivity contribution in [2.75, 3.05) is 6.61 Å². The average molecular weight is 410 g/mol. The zero-order chi connectivity index (χ0) is 21.2. The van der Waals surface area contributed by atoms with Crippen molar-refractivity contribution in [2.24, 2.45) is 0 Å². The number of rotatable bonds is 7. The van der Waals surface area contributed by atoms with E-state index in [1.807, 2.05) is 30.3 Å². The minimum atomic E-state index is -2.02. The average Bonchev–Trinajstić information content (AvgIpc) is 2.93. The molecular formula is C21H35NO5Si. The van der Waals surface area contributed by atoms with Gasteiger partial charge in [-0.15, -0.1) is 0 Å². The highest BCUT2D eigenvalue weighted by Crippen LogP contribution is 2.37. The SMILES string of the molecule is CC1(C)O[C@H]([C@H](O)CO[Si](C)(C)C(C)(C)C)[C@H](C(=O)NCc2ccccc2)O1. The summed E-state index contributed by atoms with van der Waals surface area (Å²) in [4.78, 5) is 12.7. The first-order chi connectivity index (χ1) is 12.8. The van der Waals surface area contributed by atoms with Gasteiger partial charge in [0.05, 0.1) is 6.61 Å². The number of hydrogen-bond donors (Lipinski definition) is 2. The highest BCUT2D eigenvalue weighted by Gasteiger charge is 2.49. The van der Waals surface area contributed by atoms with Crippen molar-refractivity contribution in [3.63, 3.8) is 0 Å². The lowest BCUT2D eigenvalue weighted by Gasteiger charge is -2.37. The van der Waals surface area contributed by atoms with Crippen molar-refractivity contribution >= 4 is 14.2 Å². The number of aliphatic hydroxyl groups excluding tert-OH is 1. The Morgan fingerprint density at radius 3 is 2.43 bits per heavy atom. The van der Waals surface area contributed by atoms with Crippen LogP contribution in [0.4, 0.5) is 0 Å². The van der Waals surface area contributed by atoms with E-state index in [0.29, 0.717) is 6.54 Å². The van der Waals surface area contributed by atoms with E-state index in [9.17, 15) is 9.90 Å². The number of aliphatic hydroxyl groups is 1. The van der Waals surface area contributed by atoms with Gasteiger partial charge in [0.2, 0.25) is 0 Å². The van der Waals surface area contributed by atoms with Crippen LogP contribution in [0.25, 0.3) is 0 Å². The third-order valence-corrected chi connectivity index (χ3v) is 10.00. The van der Waals surface area contributed by atoms with E-state index in [0.717, 1.165) is 5.56 Å². The first-order valence-electron chi connectivity index (χ1n) is 9.82. The number of benzene rings is 1. The molecule has 0 bridgehead atoms. The Hall–Kier alpha value is -1.25. The Balaban J connectivity index is 2.01. The predicted octanol–water partition coefficient (Wildman–Crippen LogP) is 3.21. The molecule has 1 aliphatic heterocycles. The molecule has 2 rings (SSSR count). The summed E-state index contributed by atoms with van der Waals surface area (Å²) in [6, 6.07) is 9.65. The summed E-state index contributed by atoms with van der Waals surface area (Å²) >= 11 is 0. The summed E-state index contributed by atoms with van der Waals surface area (Å²) in [5.74, 6) is -1.25. The van der Waals surface area contributed by atoms with Gasteiger partial charge in [0.25, 0.3) is 5.91 Å². The standard InChI is InChI=1S/C21H35NO5Si/c1-20(2,3)28(6,7)25-14-16(23)17-18(27-21(4,5)26-17)19(24)22-13-15-11-9-8-10-12-15/h8-12,16-18,23H,13-14H2,1-7H3,(H,22,24)/t16-,17-,18-/m1/s1. The highest BCUT2D eigenvalue weighted by molar-refractivity contribution is 6.74. The van der Waals surface area contributed by atoms with E-state index in [1.54, 1.807) is 13.8 Å². The van der Waals surface area contributed by atoms with Crippen LogP contribution in [-0.2, 0) is 25.2 Å². The Morgan fingerprint density at radius 1 is 1.25 bits per heavy atom. The van der Waals surface area contributed by atoms with Crippen LogP contribution in [0.3, 0.4) is 0 Å². The highest BCUT2D eigenvalue weighted by atomic mass is 28.4. The van der Waals surface area contributed by atoms with Crippen LogP contribution in [-0.4, -0.2) is 50.0 Å². The maximum absolute atomic E-state index is 12.7. The Morgan fingerprint density at radius 2 is 1.86 bits per heavy atom. The lowest BCUT2D eigenvalue weighted by Crippen LogP contribution is -2.49. The van der Waals surface area contributed by atoms with Gasteiger partial charge in [0, 0.05) is 6.54 Å². The van der Waals surface area contributed by atoms with E-state index in [2.05, 4.69) is 39.2 Å². The quantitative estimate of drug-likeness (QED) is 0.676. The predicted molar refractivity (Wildman–Crippen MR) is 111 cm³/mol. The maximum Gasteiger partial charge on any atom is 0.252 e. The molecule has 0 aliphatic carbocycles. The maximum atomic E-state index is 12.7. The van der Waals surface area contributed by atoms with Crippen molar-refractivity contribution < 1.29 is 23.8 Å². The van der Waals surface area contributed by atoms with E-state index >= 15 is 0 Å². The van der Waals surface area contributed by atoms with Gasteiger partial charge in [-0.3, -0.25) is 4.79 Å². The van der Waals surface area contributed by atoms with Gasteiger partial charge in [-0.1, -0.05) is 51.1 Å². The number of nitrogens with one attached hydrogen (secondary N) is 1. The third-order valence-electron chi connectivity index (χ3n) is 5.50. The van der Waals surface area contributed by atoms with Crippen molar-refractivity contribution in [3.05, 3.63) is 35.9 Å². The molecule has 28 heavy (non-hydrogen) atoms. The molecule has 2 N–H and O–H groups in total. The van der Waals surface area contributed by atoms with E-state index in [1.165, 1.54) is 0 Å². The topological polar surface area (TPSA) is 77.0 Å². The molecule has 1 aromatic carbocycles. The van der Waals surface area contributed by atoms with Gasteiger partial charge in [-0.2, -0.15) is 0 Å². The third kappa shape index (κ3) is 5.87. The normalized spacial score (nSPS) is 23.4. The summed E-state index contributed by atoms with van der Waals surface area (Å²) in [6.07, 6.45) is -2.63. The molecule has 1 fully saturated rings. The van der Waals surface area contributed by atoms with E-state index < -0.39 is 32.4 Å². The number of carbonyl (C=O) groups is 1. The van der Waals surface area contributed by atoms with Crippen LogP contribution in [0, 0.1) is 0 Å². The molecule has 3 atom stereocenters. The summed E-state index contributed by atoms with van der Waals surface area (Å²) in [5.41, 5.74) is 0.993. The van der Waals surface area contributed by atoms with Crippen LogP contribution >= 0.6 is 0 Å². The lowest BCUT2D eigenvalue weighted by molar-refractivity contribution is -0.161. The van der Waals surface area contributed by atoms with Gasteiger partial charge < -0.3 is 24.3 Å². The first kappa shape index (κ1) is 23.0. The Bertz CT molecular complexity index is 657. The molecule has 0 unspecified atom stereocenters. The lowest BCUT2D eigenvalue weighted by atomic mass is 10.1. The Labute approximate surface area is 169 Å². The fourth-order valence-corrected chi connectivity index (χ4v) is 3.78. The number of amides is 1. The largest absolute Gasteiger partial charge is 0.414 e. The second kappa shape index (κ2) is 8.63. The second-order valence-electron chi connectivity index (χ2n) is 9.36. The number of ether oxygens (including phenoxy) is 2. The molecule has 0 radical (unpaired) electrons. The summed E-state index contributed by atoms with van der Waals surface area (Å²) in [7, 11) is -2.02. The van der Waals surface area contributed by atoms with Crippen molar-refractivity contribution in [1.29, 1.82) is 0 Å². The molecule has 1 aromatic rings. The fraction of sp³-hybridized carbons (Fsp3) is 0.667. The van der Waals surface area contributed by atoms with Crippen LogP contribution in [0.15, 0.2) is 30.3 Å². The van der Waals surface area contributed by atoms with Crippen molar-refractivity contribution in [3.8, 4) is 0 Å². The van der Waals surface area contributed by atoms with Gasteiger partial charge in [-0.05, 0) is 37.5 Å². The minimum Gasteiger partial charge on any atom is -0.414 e. The summed E-state index contributed by atoms with van der Waals surface area (Å²) in [5, 5.41) is 13.6. The Kier molecular flexibility index (Phi) is 7.10. The van der Waals surface area contributed by atoms with Crippen LogP contribution < -0.4 is 5.32 Å². The van der Waals surface area contributed by atoms with Gasteiger partial charge in [-0.25, -0.2) is 0 Å². The molecule has 0 spiro atoms. The fourth-order valence-electron chi connectivity index (χ4n) is 2.76. The second-order valence-corrected chi connectivity index (χ2v) is 14.2. The first-order valence-corrected chi connectivity index (χ1v) is 12.7. The molecular weight excluding hydrogens is 374 g/mol.